The fraction of sp³-hybridized carbons (Fsp3) is 0.211. The fourth-order valence-electron chi connectivity index (χ4n) is 2.56. The molecule has 3 aromatic rings. The summed E-state index contributed by atoms with van der Waals surface area (Å²) in [6.07, 6.45) is 1.73. The van der Waals surface area contributed by atoms with Crippen LogP contribution in [0.1, 0.15) is 5.56 Å². The summed E-state index contributed by atoms with van der Waals surface area (Å²) in [4.78, 5) is 4.37. The van der Waals surface area contributed by atoms with E-state index in [1.54, 1.807) is 24.4 Å². The number of fused-ring (bicyclic) bond motifs is 1. The van der Waals surface area contributed by atoms with E-state index in [-0.39, 0.29) is 18.0 Å². The van der Waals surface area contributed by atoms with Crippen molar-refractivity contribution in [2.75, 3.05) is 20.3 Å². The molecule has 0 aliphatic heterocycles. The molecule has 1 heterocycles. The summed E-state index contributed by atoms with van der Waals surface area (Å²) < 4.78 is 38.3. The molecule has 26 heavy (non-hydrogen) atoms. The molecule has 0 atom stereocenters. The zero-order chi connectivity index (χ0) is 18.6. The molecule has 0 spiro atoms. The van der Waals surface area contributed by atoms with Gasteiger partial charge in [-0.05, 0) is 48.9 Å². The molecule has 0 aliphatic rings. The molecule has 0 bridgehead atoms. The van der Waals surface area contributed by atoms with Crippen molar-refractivity contribution < 1.29 is 17.9 Å². The minimum absolute atomic E-state index is 0.122. The van der Waals surface area contributed by atoms with Crippen LogP contribution in [0.4, 0.5) is 0 Å². The third kappa shape index (κ3) is 4.12. The summed E-state index contributed by atoms with van der Waals surface area (Å²) in [6.45, 7) is 2.18. The van der Waals surface area contributed by atoms with Gasteiger partial charge in [0.05, 0.1) is 12.6 Å². The summed E-state index contributed by atoms with van der Waals surface area (Å²) in [6, 6.07) is 14.4. The average Bonchev–Trinajstić information content (AvgIpc) is 2.65. The molecule has 1 N–H and O–H groups in total. The number of sulfonamides is 1. The lowest BCUT2D eigenvalue weighted by molar-refractivity contribution is 0.323. The van der Waals surface area contributed by atoms with E-state index in [1.807, 2.05) is 37.3 Å². The van der Waals surface area contributed by atoms with Gasteiger partial charge in [-0.2, -0.15) is 0 Å². The Labute approximate surface area is 152 Å². The average molecular weight is 372 g/mol. The van der Waals surface area contributed by atoms with Gasteiger partial charge in [0.1, 0.15) is 23.0 Å². The molecule has 0 fully saturated rings. The molecule has 6 nitrogen and oxygen atoms in total. The molecule has 0 radical (unpaired) electrons. The highest BCUT2D eigenvalue weighted by atomic mass is 32.2. The lowest BCUT2D eigenvalue weighted by atomic mass is 10.2. The number of nitrogens with one attached hydrogen (secondary N) is 1. The van der Waals surface area contributed by atoms with Crippen molar-refractivity contribution in [3.63, 3.8) is 0 Å². The summed E-state index contributed by atoms with van der Waals surface area (Å²) in [7, 11) is -2.23. The molecule has 7 heteroatoms. The summed E-state index contributed by atoms with van der Waals surface area (Å²) in [5.41, 5.74) is 1.72. The van der Waals surface area contributed by atoms with Crippen LogP contribution in [0, 0.1) is 6.92 Å². The first-order valence-corrected chi connectivity index (χ1v) is 9.60. The summed E-state index contributed by atoms with van der Waals surface area (Å²) in [5.74, 6) is 0.976. The Balaban J connectivity index is 1.62. The first kappa shape index (κ1) is 18.2. The van der Waals surface area contributed by atoms with Crippen molar-refractivity contribution in [2.24, 2.45) is 0 Å². The van der Waals surface area contributed by atoms with Crippen molar-refractivity contribution in [1.82, 2.24) is 9.71 Å². The van der Waals surface area contributed by atoms with Gasteiger partial charge in [-0.3, -0.25) is 4.98 Å². The number of aromatic nitrogens is 1. The number of pyridine rings is 1. The topological polar surface area (TPSA) is 77.5 Å². The van der Waals surface area contributed by atoms with E-state index in [0.29, 0.717) is 11.5 Å². The molecule has 0 unspecified atom stereocenters. The van der Waals surface area contributed by atoms with Gasteiger partial charge >= 0.3 is 0 Å². The van der Waals surface area contributed by atoms with Crippen LogP contribution in [-0.2, 0) is 10.0 Å². The highest BCUT2D eigenvalue weighted by Crippen LogP contribution is 2.24. The van der Waals surface area contributed by atoms with Crippen LogP contribution in [0.2, 0.25) is 0 Å². The van der Waals surface area contributed by atoms with Crippen LogP contribution in [0.25, 0.3) is 10.9 Å². The largest absolute Gasteiger partial charge is 0.495 e. The Hall–Kier alpha value is -2.64. The number of nitrogens with zero attached hydrogens (tertiary/aromatic N) is 1. The van der Waals surface area contributed by atoms with Crippen LogP contribution in [0.3, 0.4) is 0 Å². The Morgan fingerprint density at radius 3 is 2.77 bits per heavy atom. The van der Waals surface area contributed by atoms with Crippen LogP contribution >= 0.6 is 0 Å². The molecule has 0 saturated carbocycles. The number of rotatable bonds is 7. The van der Waals surface area contributed by atoms with Crippen LogP contribution in [-0.4, -0.2) is 33.7 Å². The number of methoxy groups -OCH3 is 1. The normalized spacial score (nSPS) is 11.5. The molecular weight excluding hydrogens is 352 g/mol. The SMILES string of the molecule is COc1ccc(C)cc1S(=O)(=O)NCCOc1ccc2ncccc2c1. The third-order valence-corrected chi connectivity index (χ3v) is 5.33. The van der Waals surface area contributed by atoms with E-state index in [2.05, 4.69) is 9.71 Å². The molecule has 2 aromatic carbocycles. The molecular formula is C19H20N2O4S. The van der Waals surface area contributed by atoms with E-state index < -0.39 is 10.0 Å². The second-order valence-corrected chi connectivity index (χ2v) is 7.49. The van der Waals surface area contributed by atoms with E-state index in [1.165, 1.54) is 7.11 Å². The molecule has 1 aromatic heterocycles. The van der Waals surface area contributed by atoms with Crippen molar-refractivity contribution in [1.29, 1.82) is 0 Å². The number of hydrogen-bond donors (Lipinski definition) is 1. The van der Waals surface area contributed by atoms with Crippen molar-refractivity contribution in [2.45, 2.75) is 11.8 Å². The second kappa shape index (κ2) is 7.72. The fourth-order valence-corrected chi connectivity index (χ4v) is 3.82. The predicted molar refractivity (Wildman–Crippen MR) is 100 cm³/mol. The van der Waals surface area contributed by atoms with Gasteiger partial charge in [0.15, 0.2) is 0 Å². The first-order chi connectivity index (χ1) is 12.5. The molecule has 3 rings (SSSR count). The van der Waals surface area contributed by atoms with Gasteiger partial charge in [0, 0.05) is 18.1 Å². The Morgan fingerprint density at radius 1 is 1.12 bits per heavy atom. The molecule has 0 aliphatic carbocycles. The maximum atomic E-state index is 12.5. The van der Waals surface area contributed by atoms with Crippen LogP contribution < -0.4 is 14.2 Å². The zero-order valence-corrected chi connectivity index (χ0v) is 15.4. The van der Waals surface area contributed by atoms with Gasteiger partial charge in [0.2, 0.25) is 10.0 Å². The first-order valence-electron chi connectivity index (χ1n) is 8.11. The van der Waals surface area contributed by atoms with Crippen LogP contribution in [0.5, 0.6) is 11.5 Å². The number of aryl methyl sites for hydroxylation is 1. The quantitative estimate of drug-likeness (QED) is 0.645. The summed E-state index contributed by atoms with van der Waals surface area (Å²) in [5, 5.41) is 0.968. The number of ether oxygens (including phenoxy) is 2. The third-order valence-electron chi connectivity index (χ3n) is 3.85. The van der Waals surface area contributed by atoms with E-state index in [4.69, 9.17) is 9.47 Å². The molecule has 0 saturated heterocycles. The van der Waals surface area contributed by atoms with Gasteiger partial charge in [-0.1, -0.05) is 12.1 Å². The van der Waals surface area contributed by atoms with E-state index in [9.17, 15) is 8.42 Å². The van der Waals surface area contributed by atoms with E-state index in [0.717, 1.165) is 16.5 Å². The van der Waals surface area contributed by atoms with Crippen molar-refractivity contribution in [3.8, 4) is 11.5 Å². The maximum absolute atomic E-state index is 12.5. The Kier molecular flexibility index (Phi) is 5.39. The lowest BCUT2D eigenvalue weighted by Crippen LogP contribution is -2.28. The minimum Gasteiger partial charge on any atom is -0.495 e. The van der Waals surface area contributed by atoms with Gasteiger partial charge in [-0.25, -0.2) is 13.1 Å². The minimum atomic E-state index is -3.68. The smallest absolute Gasteiger partial charge is 0.244 e. The van der Waals surface area contributed by atoms with Crippen molar-refractivity contribution >= 4 is 20.9 Å². The maximum Gasteiger partial charge on any atom is 0.244 e. The number of hydrogen-bond acceptors (Lipinski definition) is 5. The van der Waals surface area contributed by atoms with Gasteiger partial charge in [0.25, 0.3) is 0 Å². The Bertz CT molecular complexity index is 1020. The van der Waals surface area contributed by atoms with Crippen molar-refractivity contribution in [3.05, 3.63) is 60.3 Å². The standard InChI is InChI=1S/C19H20N2O4S/c1-14-5-8-18(24-2)19(12-14)26(22,23)21-10-11-25-16-6-7-17-15(13-16)4-3-9-20-17/h3-9,12-13,21H,10-11H2,1-2H3. The highest BCUT2D eigenvalue weighted by Gasteiger charge is 2.19. The summed E-state index contributed by atoms with van der Waals surface area (Å²) >= 11 is 0. The van der Waals surface area contributed by atoms with Crippen LogP contribution in [0.15, 0.2) is 59.6 Å². The predicted octanol–water partition coefficient (Wildman–Crippen LogP) is 2.91. The molecule has 0 amide bonds. The zero-order valence-electron chi connectivity index (χ0n) is 14.6. The number of benzene rings is 2. The second-order valence-electron chi connectivity index (χ2n) is 5.76. The monoisotopic (exact) mass is 372 g/mol. The highest BCUT2D eigenvalue weighted by molar-refractivity contribution is 7.89. The molecule has 136 valence electrons. The lowest BCUT2D eigenvalue weighted by Gasteiger charge is -2.12. The van der Waals surface area contributed by atoms with Gasteiger partial charge in [-0.15, -0.1) is 0 Å². The Morgan fingerprint density at radius 2 is 1.96 bits per heavy atom. The van der Waals surface area contributed by atoms with E-state index >= 15 is 0 Å². The van der Waals surface area contributed by atoms with Gasteiger partial charge < -0.3 is 9.47 Å².